The topological polar surface area (TPSA) is 51.2 Å². The predicted molar refractivity (Wildman–Crippen MR) is 102 cm³/mol. The molecular weight excluding hydrogens is 401 g/mol. The summed E-state index contributed by atoms with van der Waals surface area (Å²) >= 11 is 0. The molecule has 1 atom stereocenters. The molecule has 1 fully saturated rings. The number of hydrogen-bond acceptors (Lipinski definition) is 5. The third-order valence-electron chi connectivity index (χ3n) is 4.99. The Balaban J connectivity index is 1.50. The van der Waals surface area contributed by atoms with Crippen LogP contribution in [0.15, 0.2) is 48.5 Å². The van der Waals surface area contributed by atoms with Crippen LogP contribution in [-0.4, -0.2) is 56.1 Å². The van der Waals surface area contributed by atoms with E-state index in [1.54, 1.807) is 23.1 Å². The molecule has 2 aliphatic heterocycles. The van der Waals surface area contributed by atoms with Gasteiger partial charge in [-0.3, -0.25) is 4.79 Å². The number of ether oxygens (including phenoxy) is 3. The quantitative estimate of drug-likeness (QED) is 0.758. The molecule has 2 heterocycles. The highest BCUT2D eigenvalue weighted by Gasteiger charge is 2.34. The molecule has 6 nitrogen and oxygen atoms in total. The summed E-state index contributed by atoms with van der Waals surface area (Å²) in [6.45, 7) is 2.83. The zero-order valence-corrected chi connectivity index (χ0v) is 16.1. The van der Waals surface area contributed by atoms with E-state index in [9.17, 15) is 18.0 Å². The van der Waals surface area contributed by atoms with Crippen LogP contribution in [0.5, 0.6) is 11.5 Å². The average molecular weight is 422 g/mol. The lowest BCUT2D eigenvalue weighted by molar-refractivity contribution is -0.274. The van der Waals surface area contributed by atoms with Gasteiger partial charge in [0.25, 0.3) is 5.91 Å². The summed E-state index contributed by atoms with van der Waals surface area (Å²) in [5.41, 5.74) is 1.62. The van der Waals surface area contributed by atoms with E-state index in [0.29, 0.717) is 45.1 Å². The zero-order chi connectivity index (χ0) is 21.1. The highest BCUT2D eigenvalue weighted by Crippen LogP contribution is 2.35. The summed E-state index contributed by atoms with van der Waals surface area (Å²) in [7, 11) is 0. The predicted octanol–water partition coefficient (Wildman–Crippen LogP) is 3.21. The molecular formula is C21H21F3N2O4. The van der Waals surface area contributed by atoms with Crippen LogP contribution < -0.4 is 14.4 Å². The first-order valence-electron chi connectivity index (χ1n) is 9.61. The normalized spacial score (nSPS) is 19.1. The van der Waals surface area contributed by atoms with Crippen LogP contribution in [0.1, 0.15) is 5.56 Å². The summed E-state index contributed by atoms with van der Waals surface area (Å²) in [4.78, 5) is 16.7. The number of carbonyl (C=O) groups excluding carboxylic acids is 1. The first-order chi connectivity index (χ1) is 14.4. The molecule has 0 spiro atoms. The highest BCUT2D eigenvalue weighted by atomic mass is 19.4. The molecule has 0 bridgehead atoms. The lowest BCUT2D eigenvalue weighted by Gasteiger charge is -2.38. The number of halogens is 3. The Morgan fingerprint density at radius 1 is 1.07 bits per heavy atom. The standard InChI is InChI=1S/C21H21F3N2O4/c22-21(23,24)30-16-7-5-15(6-8-16)13-26-14-19(20(27)25-9-11-28-12-10-25)29-18-4-2-1-3-17(18)26/h1-8,19H,9-14H2. The number of carbonyl (C=O) groups is 1. The van der Waals surface area contributed by atoms with E-state index in [0.717, 1.165) is 11.3 Å². The van der Waals surface area contributed by atoms with E-state index in [2.05, 4.69) is 4.74 Å². The number of para-hydroxylation sites is 2. The minimum atomic E-state index is -4.72. The van der Waals surface area contributed by atoms with Crippen molar-refractivity contribution in [1.82, 2.24) is 4.90 Å². The summed E-state index contributed by atoms with van der Waals surface area (Å²) in [6.07, 6.45) is -5.39. The highest BCUT2D eigenvalue weighted by molar-refractivity contribution is 5.83. The fourth-order valence-electron chi connectivity index (χ4n) is 3.59. The number of rotatable bonds is 4. The summed E-state index contributed by atoms with van der Waals surface area (Å²) < 4.78 is 52.3. The molecule has 30 heavy (non-hydrogen) atoms. The maximum absolute atomic E-state index is 12.9. The molecule has 0 aliphatic carbocycles. The van der Waals surface area contributed by atoms with Gasteiger partial charge < -0.3 is 24.0 Å². The molecule has 1 unspecified atom stereocenters. The van der Waals surface area contributed by atoms with Crippen molar-refractivity contribution in [3.63, 3.8) is 0 Å². The molecule has 2 aromatic carbocycles. The number of nitrogens with zero attached hydrogens (tertiary/aromatic N) is 2. The molecule has 0 saturated carbocycles. The Bertz CT molecular complexity index is 883. The van der Waals surface area contributed by atoms with Crippen LogP contribution in [0.2, 0.25) is 0 Å². The van der Waals surface area contributed by atoms with E-state index in [-0.39, 0.29) is 11.7 Å². The number of benzene rings is 2. The summed E-state index contributed by atoms with van der Waals surface area (Å²) in [6, 6.07) is 13.1. The summed E-state index contributed by atoms with van der Waals surface area (Å²) in [5.74, 6) is 0.244. The van der Waals surface area contributed by atoms with Crippen LogP contribution in [0.3, 0.4) is 0 Å². The Kier molecular flexibility index (Phi) is 5.72. The second-order valence-corrected chi connectivity index (χ2v) is 7.08. The van der Waals surface area contributed by atoms with Crippen molar-refractivity contribution in [3.05, 3.63) is 54.1 Å². The smallest absolute Gasteiger partial charge is 0.477 e. The Labute approximate surface area is 171 Å². The van der Waals surface area contributed by atoms with E-state index in [4.69, 9.17) is 9.47 Å². The minimum absolute atomic E-state index is 0.0910. The van der Waals surface area contributed by atoms with Crippen molar-refractivity contribution in [2.24, 2.45) is 0 Å². The van der Waals surface area contributed by atoms with Gasteiger partial charge >= 0.3 is 6.36 Å². The zero-order valence-electron chi connectivity index (χ0n) is 16.1. The number of hydrogen-bond donors (Lipinski definition) is 0. The van der Waals surface area contributed by atoms with Crippen molar-refractivity contribution < 1.29 is 32.2 Å². The first kappa shape index (κ1) is 20.3. The van der Waals surface area contributed by atoms with Crippen LogP contribution in [0.25, 0.3) is 0 Å². The number of amides is 1. The van der Waals surface area contributed by atoms with E-state index < -0.39 is 12.5 Å². The monoisotopic (exact) mass is 422 g/mol. The second kappa shape index (κ2) is 8.43. The second-order valence-electron chi connectivity index (χ2n) is 7.08. The molecule has 4 rings (SSSR count). The Hall–Kier alpha value is -2.94. The lowest BCUT2D eigenvalue weighted by atomic mass is 10.1. The van der Waals surface area contributed by atoms with Gasteiger partial charge in [-0.1, -0.05) is 24.3 Å². The maximum atomic E-state index is 12.9. The van der Waals surface area contributed by atoms with Crippen molar-refractivity contribution in [3.8, 4) is 11.5 Å². The Morgan fingerprint density at radius 2 is 1.77 bits per heavy atom. The SMILES string of the molecule is O=C(C1CN(Cc2ccc(OC(F)(F)F)cc2)c2ccccc2O1)N1CCOCC1. The van der Waals surface area contributed by atoms with Crippen molar-refractivity contribution in [2.45, 2.75) is 19.0 Å². The molecule has 0 aromatic heterocycles. The number of anilines is 1. The van der Waals surface area contributed by atoms with Gasteiger partial charge in [-0.15, -0.1) is 13.2 Å². The first-order valence-corrected chi connectivity index (χ1v) is 9.61. The molecule has 0 N–H and O–H groups in total. The fourth-order valence-corrected chi connectivity index (χ4v) is 3.59. The molecule has 160 valence electrons. The van der Waals surface area contributed by atoms with Crippen LogP contribution in [0.4, 0.5) is 18.9 Å². The van der Waals surface area contributed by atoms with Crippen LogP contribution in [-0.2, 0) is 16.1 Å². The van der Waals surface area contributed by atoms with Crippen LogP contribution in [0, 0.1) is 0 Å². The molecule has 2 aliphatic rings. The third kappa shape index (κ3) is 4.79. The van der Waals surface area contributed by atoms with Crippen molar-refractivity contribution >= 4 is 11.6 Å². The molecule has 2 aromatic rings. The van der Waals surface area contributed by atoms with Gasteiger partial charge in [0.1, 0.15) is 11.5 Å². The number of fused-ring (bicyclic) bond motifs is 1. The summed E-state index contributed by atoms with van der Waals surface area (Å²) in [5, 5.41) is 0. The van der Waals surface area contributed by atoms with Gasteiger partial charge in [-0.05, 0) is 29.8 Å². The van der Waals surface area contributed by atoms with E-state index >= 15 is 0 Å². The number of alkyl halides is 3. The molecule has 0 radical (unpaired) electrons. The molecule has 9 heteroatoms. The maximum Gasteiger partial charge on any atom is 0.573 e. The lowest BCUT2D eigenvalue weighted by Crippen LogP contribution is -2.52. The van der Waals surface area contributed by atoms with E-state index in [1.165, 1.54) is 12.1 Å². The minimum Gasteiger partial charge on any atom is -0.477 e. The fraction of sp³-hybridized carbons (Fsp3) is 0.381. The van der Waals surface area contributed by atoms with Gasteiger partial charge in [0.05, 0.1) is 25.4 Å². The van der Waals surface area contributed by atoms with Crippen LogP contribution >= 0.6 is 0 Å². The van der Waals surface area contributed by atoms with Crippen molar-refractivity contribution in [2.75, 3.05) is 37.7 Å². The van der Waals surface area contributed by atoms with E-state index in [1.807, 2.05) is 23.1 Å². The van der Waals surface area contributed by atoms with Crippen molar-refractivity contribution in [1.29, 1.82) is 0 Å². The Morgan fingerprint density at radius 3 is 2.47 bits per heavy atom. The van der Waals surface area contributed by atoms with Gasteiger partial charge in [0.15, 0.2) is 6.10 Å². The average Bonchev–Trinajstić information content (AvgIpc) is 2.74. The van der Waals surface area contributed by atoms with Gasteiger partial charge in [0, 0.05) is 19.6 Å². The van der Waals surface area contributed by atoms with Gasteiger partial charge in [-0.25, -0.2) is 0 Å². The van der Waals surface area contributed by atoms with Gasteiger partial charge in [0.2, 0.25) is 0 Å². The largest absolute Gasteiger partial charge is 0.573 e. The molecule has 1 saturated heterocycles. The molecule has 1 amide bonds. The van der Waals surface area contributed by atoms with Gasteiger partial charge in [-0.2, -0.15) is 0 Å². The number of morpholine rings is 1. The third-order valence-corrected chi connectivity index (χ3v) is 4.99.